The van der Waals surface area contributed by atoms with E-state index in [1.807, 2.05) is 30.3 Å². The van der Waals surface area contributed by atoms with Crippen molar-refractivity contribution in [2.45, 2.75) is 18.8 Å². The highest BCUT2D eigenvalue weighted by atomic mass is 79.9. The first-order chi connectivity index (χ1) is 10.2. The van der Waals surface area contributed by atoms with Gasteiger partial charge in [-0.05, 0) is 42.2 Å². The van der Waals surface area contributed by atoms with Crippen LogP contribution in [0, 0.1) is 5.92 Å². The maximum atomic E-state index is 12.1. The van der Waals surface area contributed by atoms with Crippen LogP contribution in [0.3, 0.4) is 0 Å². The molecular formula is C17H17BrN2O. The molecule has 1 aromatic carbocycles. The van der Waals surface area contributed by atoms with E-state index in [2.05, 4.69) is 38.4 Å². The quantitative estimate of drug-likeness (QED) is 0.903. The smallest absolute Gasteiger partial charge is 0.223 e. The standard InChI is InChI=1S/C17H17BrN2O/c18-13-6-4-12(5-7-13)15-11-16(15)17(21)20-10-8-14-3-1-2-9-19-14/h1-7,9,15-16H,8,10-11H2,(H,20,21). The summed E-state index contributed by atoms with van der Waals surface area (Å²) < 4.78 is 1.07. The molecule has 1 amide bonds. The van der Waals surface area contributed by atoms with Crippen LogP contribution in [0.4, 0.5) is 0 Å². The Morgan fingerprint density at radius 1 is 1.24 bits per heavy atom. The van der Waals surface area contributed by atoms with Gasteiger partial charge < -0.3 is 5.32 Å². The van der Waals surface area contributed by atoms with Gasteiger partial charge in [-0.25, -0.2) is 0 Å². The van der Waals surface area contributed by atoms with Gasteiger partial charge in [-0.15, -0.1) is 0 Å². The van der Waals surface area contributed by atoms with E-state index in [1.54, 1.807) is 6.20 Å². The van der Waals surface area contributed by atoms with Gasteiger partial charge in [0.05, 0.1) is 0 Å². The molecule has 1 heterocycles. The van der Waals surface area contributed by atoms with Crippen LogP contribution in [0.15, 0.2) is 53.1 Å². The van der Waals surface area contributed by atoms with Gasteiger partial charge in [-0.3, -0.25) is 9.78 Å². The summed E-state index contributed by atoms with van der Waals surface area (Å²) in [5, 5.41) is 3.02. The zero-order chi connectivity index (χ0) is 14.7. The van der Waals surface area contributed by atoms with E-state index in [0.29, 0.717) is 12.5 Å². The lowest BCUT2D eigenvalue weighted by Crippen LogP contribution is -2.27. The first-order valence-corrected chi connectivity index (χ1v) is 7.96. The zero-order valence-electron chi connectivity index (χ0n) is 11.6. The number of carbonyl (C=O) groups is 1. The number of pyridine rings is 1. The number of nitrogens with zero attached hydrogens (tertiary/aromatic N) is 1. The Balaban J connectivity index is 1.46. The van der Waals surface area contributed by atoms with Crippen molar-refractivity contribution < 1.29 is 4.79 Å². The molecule has 1 N–H and O–H groups in total. The van der Waals surface area contributed by atoms with Crippen LogP contribution in [0.2, 0.25) is 0 Å². The summed E-state index contributed by atoms with van der Waals surface area (Å²) in [6.45, 7) is 0.652. The third-order valence-electron chi connectivity index (χ3n) is 3.83. The predicted octanol–water partition coefficient (Wildman–Crippen LogP) is 3.31. The van der Waals surface area contributed by atoms with Gasteiger partial charge in [-0.1, -0.05) is 34.1 Å². The maximum absolute atomic E-state index is 12.1. The highest BCUT2D eigenvalue weighted by Crippen LogP contribution is 2.47. The normalized spacial score (nSPS) is 20.0. The molecule has 1 aliphatic rings. The van der Waals surface area contributed by atoms with Gasteiger partial charge in [0.25, 0.3) is 0 Å². The zero-order valence-corrected chi connectivity index (χ0v) is 13.2. The van der Waals surface area contributed by atoms with E-state index in [9.17, 15) is 4.79 Å². The molecule has 2 aromatic rings. The summed E-state index contributed by atoms with van der Waals surface area (Å²) in [6.07, 6.45) is 3.51. The van der Waals surface area contributed by atoms with E-state index in [-0.39, 0.29) is 11.8 Å². The lowest BCUT2D eigenvalue weighted by atomic mass is 10.1. The summed E-state index contributed by atoms with van der Waals surface area (Å²) in [5.74, 6) is 0.682. The summed E-state index contributed by atoms with van der Waals surface area (Å²) >= 11 is 3.43. The Hall–Kier alpha value is -1.68. The minimum Gasteiger partial charge on any atom is -0.355 e. The Labute approximate surface area is 132 Å². The number of benzene rings is 1. The van der Waals surface area contributed by atoms with Crippen molar-refractivity contribution in [3.8, 4) is 0 Å². The molecule has 1 saturated carbocycles. The molecule has 4 heteroatoms. The van der Waals surface area contributed by atoms with Crippen LogP contribution < -0.4 is 5.32 Å². The molecular weight excluding hydrogens is 328 g/mol. The van der Waals surface area contributed by atoms with Gasteiger partial charge in [0.2, 0.25) is 5.91 Å². The largest absolute Gasteiger partial charge is 0.355 e. The maximum Gasteiger partial charge on any atom is 0.223 e. The van der Waals surface area contributed by atoms with Crippen molar-refractivity contribution in [3.05, 3.63) is 64.4 Å². The van der Waals surface area contributed by atoms with Crippen molar-refractivity contribution in [2.24, 2.45) is 5.92 Å². The molecule has 3 rings (SSSR count). The minimum absolute atomic E-state index is 0.134. The van der Waals surface area contributed by atoms with Crippen molar-refractivity contribution >= 4 is 21.8 Å². The third kappa shape index (κ3) is 3.70. The van der Waals surface area contributed by atoms with E-state index in [4.69, 9.17) is 0 Å². The number of hydrogen-bond acceptors (Lipinski definition) is 2. The molecule has 0 saturated heterocycles. The molecule has 1 aliphatic carbocycles. The number of halogens is 1. The molecule has 0 bridgehead atoms. The van der Waals surface area contributed by atoms with Crippen LogP contribution in [0.5, 0.6) is 0 Å². The molecule has 2 atom stereocenters. The molecule has 108 valence electrons. The fourth-order valence-corrected chi connectivity index (χ4v) is 2.82. The number of aromatic nitrogens is 1. The molecule has 21 heavy (non-hydrogen) atoms. The summed E-state index contributed by atoms with van der Waals surface area (Å²) in [5.41, 5.74) is 2.26. The van der Waals surface area contributed by atoms with Crippen molar-refractivity contribution in [1.29, 1.82) is 0 Å². The van der Waals surface area contributed by atoms with E-state index in [1.165, 1.54) is 5.56 Å². The second kappa shape index (κ2) is 6.39. The van der Waals surface area contributed by atoms with Gasteiger partial charge >= 0.3 is 0 Å². The lowest BCUT2D eigenvalue weighted by Gasteiger charge is -2.05. The Morgan fingerprint density at radius 2 is 2.05 bits per heavy atom. The van der Waals surface area contributed by atoms with E-state index >= 15 is 0 Å². The Kier molecular flexibility index (Phi) is 4.34. The first kappa shape index (κ1) is 14.3. The van der Waals surface area contributed by atoms with Crippen LogP contribution >= 0.6 is 15.9 Å². The number of nitrogens with one attached hydrogen (secondary N) is 1. The van der Waals surface area contributed by atoms with E-state index in [0.717, 1.165) is 23.0 Å². The second-order valence-corrected chi connectivity index (χ2v) is 6.28. The average Bonchev–Trinajstić information content (AvgIpc) is 3.30. The molecule has 0 radical (unpaired) electrons. The molecule has 0 spiro atoms. The highest BCUT2D eigenvalue weighted by molar-refractivity contribution is 9.10. The molecule has 1 fully saturated rings. The summed E-state index contributed by atoms with van der Waals surface area (Å²) in [6, 6.07) is 14.1. The Morgan fingerprint density at radius 3 is 2.76 bits per heavy atom. The monoisotopic (exact) mass is 344 g/mol. The van der Waals surface area contributed by atoms with E-state index < -0.39 is 0 Å². The molecule has 2 unspecified atom stereocenters. The van der Waals surface area contributed by atoms with Crippen molar-refractivity contribution in [3.63, 3.8) is 0 Å². The van der Waals surface area contributed by atoms with Gasteiger partial charge in [0.1, 0.15) is 0 Å². The molecule has 0 aliphatic heterocycles. The number of amides is 1. The Bertz CT molecular complexity index is 612. The molecule has 1 aromatic heterocycles. The van der Waals surface area contributed by atoms with Gasteiger partial charge in [0, 0.05) is 35.2 Å². The predicted molar refractivity (Wildman–Crippen MR) is 85.9 cm³/mol. The number of hydrogen-bond donors (Lipinski definition) is 1. The average molecular weight is 345 g/mol. The number of carbonyl (C=O) groups excluding carboxylic acids is 1. The summed E-state index contributed by atoms with van der Waals surface area (Å²) in [4.78, 5) is 16.4. The van der Waals surface area contributed by atoms with Gasteiger partial charge in [-0.2, -0.15) is 0 Å². The second-order valence-electron chi connectivity index (χ2n) is 5.36. The highest BCUT2D eigenvalue weighted by Gasteiger charge is 2.43. The number of rotatable bonds is 5. The van der Waals surface area contributed by atoms with Crippen LogP contribution in [0.25, 0.3) is 0 Å². The van der Waals surface area contributed by atoms with Crippen molar-refractivity contribution in [2.75, 3.05) is 6.54 Å². The van der Waals surface area contributed by atoms with Gasteiger partial charge in [0.15, 0.2) is 0 Å². The molecule has 3 nitrogen and oxygen atoms in total. The lowest BCUT2D eigenvalue weighted by molar-refractivity contribution is -0.122. The minimum atomic E-state index is 0.134. The topological polar surface area (TPSA) is 42.0 Å². The van der Waals surface area contributed by atoms with Crippen LogP contribution in [0.1, 0.15) is 23.6 Å². The first-order valence-electron chi connectivity index (χ1n) is 7.17. The van der Waals surface area contributed by atoms with Crippen LogP contribution in [-0.2, 0) is 11.2 Å². The fourth-order valence-electron chi connectivity index (χ4n) is 2.55. The fraction of sp³-hybridized carbons (Fsp3) is 0.294. The van der Waals surface area contributed by atoms with Crippen LogP contribution in [-0.4, -0.2) is 17.4 Å². The summed E-state index contributed by atoms with van der Waals surface area (Å²) in [7, 11) is 0. The SMILES string of the molecule is O=C(NCCc1ccccn1)C1CC1c1ccc(Br)cc1. The third-order valence-corrected chi connectivity index (χ3v) is 4.36. The van der Waals surface area contributed by atoms with Crippen molar-refractivity contribution in [1.82, 2.24) is 10.3 Å².